The second kappa shape index (κ2) is 12.4. The van der Waals surface area contributed by atoms with Crippen molar-refractivity contribution in [3.8, 4) is 5.75 Å². The Hall–Kier alpha value is -4.10. The summed E-state index contributed by atoms with van der Waals surface area (Å²) in [6.07, 6.45) is 0. The molecule has 0 saturated carbocycles. The number of anilines is 3. The van der Waals surface area contributed by atoms with E-state index in [-0.39, 0.29) is 48.7 Å². The molecule has 0 spiro atoms. The van der Waals surface area contributed by atoms with Crippen LogP contribution in [-0.4, -0.2) is 62.7 Å². The highest BCUT2D eigenvalue weighted by Crippen LogP contribution is 2.46. The monoisotopic (exact) mass is 778 g/mol. The lowest BCUT2D eigenvalue weighted by Crippen LogP contribution is -2.04. The molecule has 18 nitrogen and oxygen atoms in total. The molecule has 24 heteroatoms. The predicted molar refractivity (Wildman–Crippen MR) is 172 cm³/mol. The van der Waals surface area contributed by atoms with Crippen LogP contribution in [0, 0.1) is 0 Å². The van der Waals surface area contributed by atoms with Crippen LogP contribution in [0.3, 0.4) is 0 Å². The van der Waals surface area contributed by atoms with Crippen molar-refractivity contribution in [3.63, 3.8) is 0 Å². The Bertz CT molecular complexity index is 2580. The molecule has 0 aliphatic heterocycles. The molecule has 0 saturated heterocycles. The van der Waals surface area contributed by atoms with Crippen molar-refractivity contribution >= 4 is 115 Å². The molecule has 5 aromatic rings. The fourth-order valence-electron chi connectivity index (χ4n) is 4.51. The third-order valence-corrected chi connectivity index (χ3v) is 10.4. The quantitative estimate of drug-likeness (QED) is 0.0479. The van der Waals surface area contributed by atoms with Gasteiger partial charge in [-0.25, -0.2) is 4.21 Å². The van der Waals surface area contributed by atoms with E-state index in [9.17, 15) is 52.8 Å². The topological polar surface area (TPSA) is 309 Å². The van der Waals surface area contributed by atoms with Gasteiger partial charge in [0, 0.05) is 16.2 Å². The van der Waals surface area contributed by atoms with Crippen LogP contribution in [0.25, 0.3) is 21.5 Å². The van der Waals surface area contributed by atoms with Crippen molar-refractivity contribution in [2.24, 2.45) is 10.2 Å². The summed E-state index contributed by atoms with van der Waals surface area (Å²) in [4.78, 5) is 4.56. The number of hydrogen-bond acceptors (Lipinski definition) is 14. The normalized spacial score (nSPS) is 13.4. The highest BCUT2D eigenvalue weighted by Gasteiger charge is 2.27. The van der Waals surface area contributed by atoms with Gasteiger partial charge in [-0.1, -0.05) is 41.4 Å². The van der Waals surface area contributed by atoms with E-state index in [0.717, 1.165) is 48.5 Å². The molecule has 5 rings (SSSR count). The highest BCUT2D eigenvalue weighted by molar-refractivity contribution is 7.86. The van der Waals surface area contributed by atoms with Gasteiger partial charge in [0.25, 0.3) is 30.4 Å². The number of benzene rings is 4. The Labute approximate surface area is 281 Å². The lowest BCUT2D eigenvalue weighted by Gasteiger charge is -2.15. The smallest absolute Gasteiger partial charge is 0.297 e. The van der Waals surface area contributed by atoms with Gasteiger partial charge in [-0.05, 0) is 35.7 Å². The van der Waals surface area contributed by atoms with Crippen LogP contribution in [0.5, 0.6) is 5.75 Å². The number of fused-ring (bicyclic) bond motifs is 2. The number of phenolic OH excluding ortho intramolecular Hbond substituents is 1. The van der Waals surface area contributed by atoms with Gasteiger partial charge in [-0.15, -0.1) is 10.2 Å². The summed E-state index contributed by atoms with van der Waals surface area (Å²) in [5.41, 5.74) is 3.50. The van der Waals surface area contributed by atoms with Crippen molar-refractivity contribution in [2.75, 3.05) is 11.1 Å². The molecular weight excluding hydrogens is 763 g/mol. The molecule has 0 radical (unpaired) electrons. The average molecular weight is 780 g/mol. The van der Waals surface area contributed by atoms with Crippen molar-refractivity contribution in [3.05, 3.63) is 58.8 Å². The first-order chi connectivity index (χ1) is 22.2. The number of hydrogen-bond donors (Lipinski definition) is 7. The number of nitrogens with two attached hydrogens (primary N) is 1. The van der Waals surface area contributed by atoms with Crippen LogP contribution < -0.4 is 11.1 Å². The van der Waals surface area contributed by atoms with Gasteiger partial charge < -0.3 is 20.7 Å². The maximum Gasteiger partial charge on any atom is 0.297 e. The number of phenols is 1. The maximum atomic E-state index is 12.4. The predicted octanol–water partition coefficient (Wildman–Crippen LogP) is 4.86. The van der Waals surface area contributed by atoms with E-state index in [4.69, 9.17) is 28.9 Å². The van der Waals surface area contributed by atoms with Gasteiger partial charge in [0.1, 0.15) is 31.7 Å². The summed E-state index contributed by atoms with van der Waals surface area (Å²) in [6, 6.07) is 7.71. The van der Waals surface area contributed by atoms with Crippen molar-refractivity contribution in [1.82, 2.24) is 9.97 Å². The first kappa shape index (κ1) is 35.2. The van der Waals surface area contributed by atoms with E-state index in [2.05, 4.69) is 25.5 Å². The molecule has 0 amide bonds. The molecule has 1 unspecified atom stereocenters. The van der Waals surface area contributed by atoms with Gasteiger partial charge in [0.15, 0.2) is 27.1 Å². The van der Waals surface area contributed by atoms with Gasteiger partial charge in [0.2, 0.25) is 5.95 Å². The number of halogens is 2. The number of aromatic nitrogens is 2. The minimum atomic E-state index is -5.28. The SMILES string of the molecule is Nc1c(Cl)nc(Nc2cc(S(=O)O)cc3cc(S(=O)(=O)O)c(/N=N/c4ccc5c(S(=O)(=O)O)cccc5c4S(=O)(=O)O)c(O)c23)nc1Cl. The van der Waals surface area contributed by atoms with Crippen LogP contribution in [0.15, 0.2) is 78.3 Å². The average Bonchev–Trinajstić information content (AvgIpc) is 2.96. The van der Waals surface area contributed by atoms with Crippen molar-refractivity contribution in [1.29, 1.82) is 0 Å². The lowest BCUT2D eigenvalue weighted by molar-refractivity contribution is 0.472. The summed E-state index contributed by atoms with van der Waals surface area (Å²) in [6.45, 7) is 0. The van der Waals surface area contributed by atoms with Gasteiger partial charge >= 0.3 is 0 Å². The second-order valence-corrected chi connectivity index (χ2v) is 15.3. The molecule has 1 aromatic heterocycles. The van der Waals surface area contributed by atoms with E-state index >= 15 is 0 Å². The minimum Gasteiger partial charge on any atom is -0.505 e. The molecule has 0 aliphatic rings. The fourth-order valence-corrected chi connectivity index (χ4v) is 7.54. The molecule has 8 N–H and O–H groups in total. The summed E-state index contributed by atoms with van der Waals surface area (Å²) >= 11 is 9.24. The maximum absolute atomic E-state index is 12.4. The zero-order valence-electron chi connectivity index (χ0n) is 23.0. The summed E-state index contributed by atoms with van der Waals surface area (Å²) in [5, 5.41) is 19.3. The third kappa shape index (κ3) is 6.75. The number of rotatable bonds is 8. The molecule has 48 heavy (non-hydrogen) atoms. The number of nitrogens with zero attached hydrogens (tertiary/aromatic N) is 4. The Kier molecular flexibility index (Phi) is 9.10. The number of azo groups is 1. The largest absolute Gasteiger partial charge is 0.505 e. The zero-order valence-corrected chi connectivity index (χ0v) is 27.7. The molecule has 0 fully saturated rings. The number of aromatic hydroxyl groups is 1. The van der Waals surface area contributed by atoms with E-state index in [1.807, 2.05) is 0 Å². The van der Waals surface area contributed by atoms with E-state index in [1.165, 1.54) is 0 Å². The molecular formula is C24H16Cl2N6O12S4. The zero-order chi connectivity index (χ0) is 35.5. The van der Waals surface area contributed by atoms with Crippen LogP contribution in [0.2, 0.25) is 10.3 Å². The van der Waals surface area contributed by atoms with Crippen LogP contribution in [0.4, 0.5) is 28.7 Å². The second-order valence-electron chi connectivity index (χ2n) is 9.45. The van der Waals surface area contributed by atoms with Gasteiger partial charge in [-0.2, -0.15) is 35.2 Å². The number of nitrogen functional groups attached to an aromatic ring is 1. The Balaban J connectivity index is 1.81. The van der Waals surface area contributed by atoms with Crippen molar-refractivity contribution < 1.29 is 52.8 Å². The number of nitrogens with one attached hydrogen (secondary N) is 1. The van der Waals surface area contributed by atoms with E-state index < -0.39 is 78.6 Å². The third-order valence-electron chi connectivity index (χ3n) is 6.45. The van der Waals surface area contributed by atoms with Crippen LogP contribution >= 0.6 is 23.2 Å². The van der Waals surface area contributed by atoms with E-state index in [0.29, 0.717) is 0 Å². The van der Waals surface area contributed by atoms with E-state index in [1.54, 1.807) is 0 Å². The summed E-state index contributed by atoms with van der Waals surface area (Å²) in [7, 11) is -15.4. The van der Waals surface area contributed by atoms with Gasteiger partial charge in [0.05, 0.1) is 10.6 Å². The molecule has 252 valence electrons. The summed E-state index contributed by atoms with van der Waals surface area (Å²) in [5.74, 6) is -1.39. The Morgan fingerprint density at radius 3 is 2.00 bits per heavy atom. The lowest BCUT2D eigenvalue weighted by atomic mass is 10.1. The van der Waals surface area contributed by atoms with Crippen LogP contribution in [-0.2, 0) is 41.4 Å². The van der Waals surface area contributed by atoms with Gasteiger partial charge in [-0.3, -0.25) is 13.7 Å². The minimum absolute atomic E-state index is 0.186. The molecule has 0 bridgehead atoms. The molecule has 0 aliphatic carbocycles. The highest BCUT2D eigenvalue weighted by atomic mass is 35.5. The standard InChI is InChI=1S/C24H16Cl2N6O12S4/c25-22-18(27)23(26)30-24(29-22)28-14-8-10(45(34)35)6-9-7-16(47(39,40)41)19(20(33)17(9)14)32-31-13-5-4-11-12(21(13)48(42,43)44)2-1-3-15(11)46(36,37)38/h1-8,33H,27H2,(H,34,35)(H,28,29,30)(H,36,37,38)(H,39,40,41)(H,42,43,44)/b32-31+. The summed E-state index contributed by atoms with van der Waals surface area (Å²) < 4.78 is 125. The first-order valence-electron chi connectivity index (χ1n) is 12.3. The fraction of sp³-hybridized carbons (Fsp3) is 0. The molecule has 4 aromatic carbocycles. The van der Waals surface area contributed by atoms with Crippen molar-refractivity contribution in [2.45, 2.75) is 19.6 Å². The molecule has 1 heterocycles. The first-order valence-corrected chi connectivity index (χ1v) is 18.5. The molecule has 1 atom stereocenters. The Morgan fingerprint density at radius 2 is 1.44 bits per heavy atom. The van der Waals surface area contributed by atoms with Crippen LogP contribution in [0.1, 0.15) is 0 Å². The Morgan fingerprint density at radius 1 is 0.812 bits per heavy atom.